The molecule has 9 rings (SSSR count). The van der Waals surface area contributed by atoms with E-state index in [9.17, 15) is 5.26 Å². The molecule has 0 amide bonds. The summed E-state index contributed by atoms with van der Waals surface area (Å²) in [5.74, 6) is 0.842. The van der Waals surface area contributed by atoms with Crippen molar-refractivity contribution in [1.29, 1.82) is 5.26 Å². The smallest absolute Gasteiger partial charge is 0.145 e. The number of hydrogen-bond acceptors (Lipinski definition) is 2. The van der Waals surface area contributed by atoms with Gasteiger partial charge in [-0.2, -0.15) is 5.26 Å². The number of fused-ring (bicyclic) bond motifs is 4. The Morgan fingerprint density at radius 1 is 0.468 bits per heavy atom. The fourth-order valence-electron chi connectivity index (χ4n) is 7.06. The molecule has 0 bridgehead atoms. The van der Waals surface area contributed by atoms with E-state index in [1.165, 1.54) is 49.0 Å². The Labute approximate surface area is 272 Å². The van der Waals surface area contributed by atoms with Gasteiger partial charge in [0.05, 0.1) is 22.7 Å². The average molecular weight is 598 g/mol. The van der Waals surface area contributed by atoms with E-state index in [0.29, 0.717) is 5.56 Å². The highest BCUT2D eigenvalue weighted by atomic mass is 15.1. The Morgan fingerprint density at radius 2 is 1.02 bits per heavy atom. The molecular formula is C44H27N3. The number of nitrogens with zero attached hydrogens (tertiary/aromatic N) is 3. The van der Waals surface area contributed by atoms with E-state index < -0.39 is 0 Å². The van der Waals surface area contributed by atoms with Gasteiger partial charge in [-0.15, -0.1) is 0 Å². The van der Waals surface area contributed by atoms with Gasteiger partial charge in [0.2, 0.25) is 0 Å². The minimum Gasteiger partial charge on any atom is -0.292 e. The molecule has 3 nitrogen and oxygen atoms in total. The summed E-state index contributed by atoms with van der Waals surface area (Å²) < 4.78 is 2.18. The Balaban J connectivity index is 1.24. The molecule has 8 aromatic carbocycles. The maximum absolute atomic E-state index is 9.54. The highest BCUT2D eigenvalue weighted by molar-refractivity contribution is 6.21. The first-order chi connectivity index (χ1) is 23.3. The second kappa shape index (κ2) is 10.8. The van der Waals surface area contributed by atoms with Crippen LogP contribution in [-0.2, 0) is 0 Å². The van der Waals surface area contributed by atoms with Crippen LogP contribution in [0.3, 0.4) is 0 Å². The van der Waals surface area contributed by atoms with Crippen LogP contribution in [0, 0.1) is 11.3 Å². The van der Waals surface area contributed by atoms with E-state index in [0.717, 1.165) is 33.7 Å². The van der Waals surface area contributed by atoms with E-state index in [2.05, 4.69) is 138 Å². The van der Waals surface area contributed by atoms with Crippen LogP contribution in [0.15, 0.2) is 164 Å². The van der Waals surface area contributed by atoms with Crippen LogP contribution in [0.25, 0.3) is 82.7 Å². The van der Waals surface area contributed by atoms with Crippen LogP contribution in [0.4, 0.5) is 0 Å². The minimum atomic E-state index is 0.600. The maximum atomic E-state index is 9.54. The van der Waals surface area contributed by atoms with Gasteiger partial charge in [0.1, 0.15) is 5.82 Å². The number of para-hydroxylation sites is 1. The Bertz CT molecular complexity index is 2620. The molecule has 9 aromatic rings. The van der Waals surface area contributed by atoms with Crippen LogP contribution in [0.1, 0.15) is 5.56 Å². The SMILES string of the molecule is N#Cc1ccc2c(c1)nc(-c1ccc(-c3c4ccccc4c(-c4ccc5ccccc5c4)c4ccccc34)cc1)n2-c1ccccc1. The third-order valence-electron chi connectivity index (χ3n) is 9.20. The monoisotopic (exact) mass is 597 g/mol. The zero-order valence-electron chi connectivity index (χ0n) is 25.4. The van der Waals surface area contributed by atoms with Gasteiger partial charge in [0.15, 0.2) is 0 Å². The van der Waals surface area contributed by atoms with Gasteiger partial charge < -0.3 is 0 Å². The van der Waals surface area contributed by atoms with Gasteiger partial charge in [-0.3, -0.25) is 4.57 Å². The Kier molecular flexibility index (Phi) is 6.19. The standard InChI is InChI=1S/C44H27N3/c45-28-29-18-25-41-40(26-29)46-44(47(41)35-12-2-1-3-13-35)32-22-20-31(21-23-32)42-36-14-6-8-16-38(36)43(39-17-9-7-15-37(39)42)34-24-19-30-10-4-5-11-33(30)27-34/h1-27H. The molecule has 0 aliphatic carbocycles. The second-order valence-corrected chi connectivity index (χ2v) is 11.9. The quantitative estimate of drug-likeness (QED) is 0.189. The lowest BCUT2D eigenvalue weighted by Gasteiger charge is -2.18. The van der Waals surface area contributed by atoms with Crippen molar-refractivity contribution in [3.63, 3.8) is 0 Å². The van der Waals surface area contributed by atoms with Crippen molar-refractivity contribution in [3.8, 4) is 45.4 Å². The van der Waals surface area contributed by atoms with Crippen molar-refractivity contribution in [2.45, 2.75) is 0 Å². The van der Waals surface area contributed by atoms with Crippen molar-refractivity contribution in [2.75, 3.05) is 0 Å². The van der Waals surface area contributed by atoms with Gasteiger partial charge in [0, 0.05) is 11.3 Å². The summed E-state index contributed by atoms with van der Waals surface area (Å²) >= 11 is 0. The number of benzene rings is 8. The molecule has 3 heteroatoms. The van der Waals surface area contributed by atoms with Gasteiger partial charge >= 0.3 is 0 Å². The lowest BCUT2D eigenvalue weighted by Crippen LogP contribution is -1.97. The first kappa shape index (κ1) is 26.9. The Hall–Kier alpha value is -6.50. The molecule has 0 aliphatic rings. The van der Waals surface area contributed by atoms with Crippen molar-refractivity contribution in [1.82, 2.24) is 9.55 Å². The molecule has 0 saturated heterocycles. The molecular weight excluding hydrogens is 571 g/mol. The lowest BCUT2D eigenvalue weighted by atomic mass is 9.85. The minimum absolute atomic E-state index is 0.600. The molecule has 218 valence electrons. The lowest BCUT2D eigenvalue weighted by molar-refractivity contribution is 1.10. The van der Waals surface area contributed by atoms with Crippen molar-refractivity contribution < 1.29 is 0 Å². The topological polar surface area (TPSA) is 41.6 Å². The van der Waals surface area contributed by atoms with Crippen molar-refractivity contribution in [2.24, 2.45) is 0 Å². The average Bonchev–Trinajstić information content (AvgIpc) is 3.53. The third kappa shape index (κ3) is 4.39. The van der Waals surface area contributed by atoms with Gasteiger partial charge in [-0.05, 0) is 91.0 Å². The summed E-state index contributed by atoms with van der Waals surface area (Å²) in [5.41, 5.74) is 9.26. The number of rotatable bonds is 4. The highest BCUT2D eigenvalue weighted by Gasteiger charge is 2.18. The molecule has 47 heavy (non-hydrogen) atoms. The second-order valence-electron chi connectivity index (χ2n) is 11.9. The van der Waals surface area contributed by atoms with Crippen LogP contribution < -0.4 is 0 Å². The fourth-order valence-corrected chi connectivity index (χ4v) is 7.06. The molecule has 0 spiro atoms. The maximum Gasteiger partial charge on any atom is 0.145 e. The molecule has 0 aliphatic heterocycles. The molecule has 0 radical (unpaired) electrons. The van der Waals surface area contributed by atoms with Crippen molar-refractivity contribution in [3.05, 3.63) is 169 Å². The molecule has 0 fully saturated rings. The van der Waals surface area contributed by atoms with Gasteiger partial charge in [-0.1, -0.05) is 127 Å². The first-order valence-corrected chi connectivity index (χ1v) is 15.8. The van der Waals surface area contributed by atoms with Crippen LogP contribution in [0.2, 0.25) is 0 Å². The molecule has 1 aromatic heterocycles. The Morgan fingerprint density at radius 3 is 1.68 bits per heavy atom. The van der Waals surface area contributed by atoms with E-state index in [-0.39, 0.29) is 0 Å². The predicted octanol–water partition coefficient (Wildman–Crippen LogP) is 11.4. The molecule has 0 saturated carbocycles. The van der Waals surface area contributed by atoms with Crippen molar-refractivity contribution >= 4 is 43.4 Å². The number of hydrogen-bond donors (Lipinski definition) is 0. The summed E-state index contributed by atoms with van der Waals surface area (Å²) in [6.07, 6.45) is 0. The molecule has 1 heterocycles. The van der Waals surface area contributed by atoms with E-state index >= 15 is 0 Å². The normalized spacial score (nSPS) is 11.4. The summed E-state index contributed by atoms with van der Waals surface area (Å²) in [7, 11) is 0. The number of imidazole rings is 1. The van der Waals surface area contributed by atoms with Gasteiger partial charge in [-0.25, -0.2) is 4.98 Å². The zero-order chi connectivity index (χ0) is 31.3. The largest absolute Gasteiger partial charge is 0.292 e. The summed E-state index contributed by atoms with van der Waals surface area (Å²) in [6, 6.07) is 59.9. The van der Waals surface area contributed by atoms with Crippen LogP contribution >= 0.6 is 0 Å². The highest BCUT2D eigenvalue weighted by Crippen LogP contribution is 2.44. The first-order valence-electron chi connectivity index (χ1n) is 15.8. The summed E-state index contributed by atoms with van der Waals surface area (Å²) in [6.45, 7) is 0. The van der Waals surface area contributed by atoms with Crippen LogP contribution in [-0.4, -0.2) is 9.55 Å². The molecule has 0 unspecified atom stereocenters. The van der Waals surface area contributed by atoms with E-state index in [4.69, 9.17) is 4.98 Å². The third-order valence-corrected chi connectivity index (χ3v) is 9.20. The summed E-state index contributed by atoms with van der Waals surface area (Å²) in [4.78, 5) is 5.05. The number of aromatic nitrogens is 2. The number of nitriles is 1. The van der Waals surface area contributed by atoms with Gasteiger partial charge in [0.25, 0.3) is 0 Å². The van der Waals surface area contributed by atoms with Crippen LogP contribution in [0.5, 0.6) is 0 Å². The molecule has 0 atom stereocenters. The fraction of sp³-hybridized carbons (Fsp3) is 0. The summed E-state index contributed by atoms with van der Waals surface area (Å²) in [5, 5.41) is 16.9. The molecule has 0 N–H and O–H groups in total. The zero-order valence-corrected chi connectivity index (χ0v) is 25.4. The predicted molar refractivity (Wildman–Crippen MR) is 195 cm³/mol. The van der Waals surface area contributed by atoms with E-state index in [1.807, 2.05) is 36.4 Å². The van der Waals surface area contributed by atoms with E-state index in [1.54, 1.807) is 0 Å².